The fourth-order valence-electron chi connectivity index (χ4n) is 2.62. The van der Waals surface area contributed by atoms with Gasteiger partial charge in [-0.15, -0.1) is 10.2 Å². The monoisotopic (exact) mass is 375 g/mol. The number of amides is 1. The van der Waals surface area contributed by atoms with Crippen molar-refractivity contribution >= 4 is 34.3 Å². The number of benzene rings is 2. The van der Waals surface area contributed by atoms with Gasteiger partial charge in [0, 0.05) is 22.8 Å². The fourth-order valence-corrected chi connectivity index (χ4v) is 3.18. The number of hydrogen-bond acceptors (Lipinski definition) is 6. The number of nitrogens with zero attached hydrogens (tertiary/aromatic N) is 3. The van der Waals surface area contributed by atoms with E-state index in [0.29, 0.717) is 22.4 Å². The second-order valence-electron chi connectivity index (χ2n) is 5.65. The van der Waals surface area contributed by atoms with Crippen LogP contribution in [-0.4, -0.2) is 26.8 Å². The van der Waals surface area contributed by atoms with E-state index in [-0.39, 0.29) is 11.7 Å². The minimum absolute atomic E-state index is 0.117. The highest BCUT2D eigenvalue weighted by Crippen LogP contribution is 2.29. The summed E-state index contributed by atoms with van der Waals surface area (Å²) in [5.74, 6) is 0.297. The van der Waals surface area contributed by atoms with Gasteiger partial charge in [0.15, 0.2) is 0 Å². The molecule has 0 bridgehead atoms. The number of carbonyl (C=O) groups is 1. The zero-order valence-electron chi connectivity index (χ0n) is 14.0. The second kappa shape index (κ2) is 7.35. The Morgan fingerprint density at radius 3 is 3.00 bits per heavy atom. The standard InChI is InChI=1S/C19H13N5O2S/c20-9-12-4-3-5-13(8-12)22-17(25)11-27-19-24-23-18(26-19)15-10-21-16-7-2-1-6-14(15)16/h1-8,10,21H,11H2,(H,22,25). The van der Waals surface area contributed by atoms with Crippen molar-refractivity contribution in [3.05, 3.63) is 60.3 Å². The lowest BCUT2D eigenvalue weighted by molar-refractivity contribution is -0.113. The lowest BCUT2D eigenvalue weighted by atomic mass is 10.2. The van der Waals surface area contributed by atoms with Crippen molar-refractivity contribution in [2.75, 3.05) is 11.1 Å². The average molecular weight is 375 g/mol. The van der Waals surface area contributed by atoms with E-state index in [9.17, 15) is 4.79 Å². The van der Waals surface area contributed by atoms with Crippen LogP contribution in [0, 0.1) is 11.3 Å². The van der Waals surface area contributed by atoms with Crippen LogP contribution in [0.25, 0.3) is 22.4 Å². The molecule has 2 aromatic heterocycles. The first-order chi connectivity index (χ1) is 13.2. The number of aromatic amines is 1. The molecule has 27 heavy (non-hydrogen) atoms. The topological polar surface area (TPSA) is 108 Å². The van der Waals surface area contributed by atoms with Crippen molar-refractivity contribution in [2.24, 2.45) is 0 Å². The van der Waals surface area contributed by atoms with Crippen LogP contribution in [0.15, 0.2) is 64.4 Å². The van der Waals surface area contributed by atoms with Gasteiger partial charge in [0.05, 0.1) is 22.9 Å². The van der Waals surface area contributed by atoms with E-state index in [1.54, 1.807) is 24.3 Å². The van der Waals surface area contributed by atoms with E-state index >= 15 is 0 Å². The van der Waals surface area contributed by atoms with Crippen LogP contribution >= 0.6 is 11.8 Å². The van der Waals surface area contributed by atoms with E-state index in [1.165, 1.54) is 0 Å². The highest BCUT2D eigenvalue weighted by Gasteiger charge is 2.14. The number of hydrogen-bond donors (Lipinski definition) is 2. The molecule has 1 amide bonds. The molecule has 0 fully saturated rings. The van der Waals surface area contributed by atoms with Crippen LogP contribution < -0.4 is 5.32 Å². The van der Waals surface area contributed by atoms with E-state index in [0.717, 1.165) is 28.2 Å². The number of thioether (sulfide) groups is 1. The molecule has 0 unspecified atom stereocenters. The summed E-state index contributed by atoms with van der Waals surface area (Å²) in [5, 5.41) is 21.0. The minimum atomic E-state index is -0.220. The first-order valence-corrected chi connectivity index (χ1v) is 9.04. The molecule has 0 aliphatic carbocycles. The maximum Gasteiger partial charge on any atom is 0.277 e. The Kier molecular flexibility index (Phi) is 4.60. The molecule has 0 saturated heterocycles. The lowest BCUT2D eigenvalue weighted by Gasteiger charge is -2.03. The molecule has 0 radical (unpaired) electrons. The maximum atomic E-state index is 12.1. The number of carbonyl (C=O) groups excluding carboxylic acids is 1. The van der Waals surface area contributed by atoms with Gasteiger partial charge in [0.1, 0.15) is 0 Å². The number of nitriles is 1. The highest BCUT2D eigenvalue weighted by molar-refractivity contribution is 7.99. The minimum Gasteiger partial charge on any atom is -0.411 e. The molecule has 0 spiro atoms. The number of anilines is 1. The molecule has 2 heterocycles. The Bertz CT molecular complexity index is 1160. The largest absolute Gasteiger partial charge is 0.411 e. The van der Waals surface area contributed by atoms with Gasteiger partial charge in [-0.05, 0) is 24.3 Å². The summed E-state index contributed by atoms with van der Waals surface area (Å²) in [6.45, 7) is 0. The summed E-state index contributed by atoms with van der Waals surface area (Å²) in [4.78, 5) is 15.2. The molecule has 0 atom stereocenters. The second-order valence-corrected chi connectivity index (χ2v) is 6.58. The number of H-pyrrole nitrogens is 1. The Balaban J connectivity index is 1.41. The molecule has 4 rings (SSSR count). The van der Waals surface area contributed by atoms with Gasteiger partial charge in [0.25, 0.3) is 11.1 Å². The predicted molar refractivity (Wildman–Crippen MR) is 102 cm³/mol. The van der Waals surface area contributed by atoms with Crippen molar-refractivity contribution < 1.29 is 9.21 Å². The van der Waals surface area contributed by atoms with E-state index < -0.39 is 0 Å². The Hall–Kier alpha value is -3.57. The van der Waals surface area contributed by atoms with Crippen molar-refractivity contribution in [1.82, 2.24) is 15.2 Å². The number of aromatic nitrogens is 3. The van der Waals surface area contributed by atoms with Gasteiger partial charge in [-0.3, -0.25) is 4.79 Å². The summed E-state index contributed by atoms with van der Waals surface area (Å²) in [5.41, 5.74) is 2.87. The van der Waals surface area contributed by atoms with Crippen LogP contribution in [-0.2, 0) is 4.79 Å². The molecule has 0 aliphatic heterocycles. The molecule has 7 nitrogen and oxygen atoms in total. The third-order valence-electron chi connectivity index (χ3n) is 3.83. The quantitative estimate of drug-likeness (QED) is 0.514. The first-order valence-electron chi connectivity index (χ1n) is 8.06. The van der Waals surface area contributed by atoms with Crippen molar-refractivity contribution in [3.8, 4) is 17.5 Å². The molecule has 132 valence electrons. The third-order valence-corrected chi connectivity index (χ3v) is 4.65. The van der Waals surface area contributed by atoms with E-state index in [4.69, 9.17) is 9.68 Å². The third kappa shape index (κ3) is 3.68. The van der Waals surface area contributed by atoms with E-state index in [1.807, 2.05) is 36.5 Å². The van der Waals surface area contributed by atoms with Gasteiger partial charge in [-0.1, -0.05) is 36.0 Å². The van der Waals surface area contributed by atoms with Gasteiger partial charge in [0.2, 0.25) is 5.91 Å². The molecule has 2 N–H and O–H groups in total. The van der Waals surface area contributed by atoms with E-state index in [2.05, 4.69) is 20.5 Å². The van der Waals surface area contributed by atoms with Crippen LogP contribution in [0.4, 0.5) is 5.69 Å². The van der Waals surface area contributed by atoms with Crippen LogP contribution in [0.1, 0.15) is 5.56 Å². The molecule has 0 aliphatic rings. The molecule has 4 aromatic rings. The zero-order chi connectivity index (χ0) is 18.6. The van der Waals surface area contributed by atoms with Gasteiger partial charge in [-0.25, -0.2) is 0 Å². The summed E-state index contributed by atoms with van der Waals surface area (Å²) >= 11 is 1.15. The fraction of sp³-hybridized carbons (Fsp3) is 0.0526. The molecule has 0 saturated carbocycles. The average Bonchev–Trinajstić information content (AvgIpc) is 3.33. The lowest BCUT2D eigenvalue weighted by Crippen LogP contribution is -2.14. The summed E-state index contributed by atoms with van der Waals surface area (Å²) < 4.78 is 5.67. The number of fused-ring (bicyclic) bond motifs is 1. The van der Waals surface area contributed by atoms with Crippen molar-refractivity contribution in [2.45, 2.75) is 5.22 Å². The normalized spacial score (nSPS) is 10.6. The Morgan fingerprint density at radius 2 is 2.11 bits per heavy atom. The molecule has 8 heteroatoms. The number of rotatable bonds is 5. The van der Waals surface area contributed by atoms with Crippen LogP contribution in [0.5, 0.6) is 0 Å². The van der Waals surface area contributed by atoms with Crippen molar-refractivity contribution in [3.63, 3.8) is 0 Å². The van der Waals surface area contributed by atoms with Gasteiger partial charge in [-0.2, -0.15) is 5.26 Å². The SMILES string of the molecule is N#Cc1cccc(NC(=O)CSc2nnc(-c3c[nH]c4ccccc34)o2)c1. The van der Waals surface area contributed by atoms with Gasteiger partial charge >= 0.3 is 0 Å². The molecular formula is C19H13N5O2S. The number of nitrogens with one attached hydrogen (secondary N) is 2. The summed E-state index contributed by atoms with van der Waals surface area (Å²) in [7, 11) is 0. The maximum absolute atomic E-state index is 12.1. The van der Waals surface area contributed by atoms with Gasteiger partial charge < -0.3 is 14.7 Å². The first kappa shape index (κ1) is 16.9. The molecule has 2 aromatic carbocycles. The van der Waals surface area contributed by atoms with Crippen LogP contribution in [0.3, 0.4) is 0 Å². The molecular weight excluding hydrogens is 362 g/mol. The smallest absolute Gasteiger partial charge is 0.277 e. The number of para-hydroxylation sites is 1. The Morgan fingerprint density at radius 1 is 1.22 bits per heavy atom. The summed E-state index contributed by atoms with van der Waals surface area (Å²) in [6, 6.07) is 16.6. The van der Waals surface area contributed by atoms with Crippen molar-refractivity contribution in [1.29, 1.82) is 5.26 Å². The van der Waals surface area contributed by atoms with Crippen LogP contribution in [0.2, 0.25) is 0 Å². The predicted octanol–water partition coefficient (Wildman–Crippen LogP) is 3.82. The Labute approximate surface area is 158 Å². The highest BCUT2D eigenvalue weighted by atomic mass is 32.2. The summed E-state index contributed by atoms with van der Waals surface area (Å²) in [6.07, 6.45) is 1.82. The zero-order valence-corrected chi connectivity index (χ0v) is 14.8.